The molecule has 2 aromatic heterocycles. The van der Waals surface area contributed by atoms with Crippen molar-refractivity contribution in [1.82, 2.24) is 4.57 Å². The molecule has 0 aliphatic heterocycles. The number of carboxylic acids is 2. The van der Waals surface area contributed by atoms with E-state index >= 15 is 0 Å². The van der Waals surface area contributed by atoms with Gasteiger partial charge in [0.25, 0.3) is 0 Å². The fraction of sp³-hybridized carbons (Fsp3) is 0.250. The van der Waals surface area contributed by atoms with Gasteiger partial charge >= 0.3 is 11.9 Å². The molecule has 0 spiro atoms. The van der Waals surface area contributed by atoms with E-state index in [0.717, 1.165) is 0 Å². The lowest BCUT2D eigenvalue weighted by Gasteiger charge is -2.25. The first kappa shape index (κ1) is 20.1. The minimum absolute atomic E-state index is 0.00177. The molecule has 0 fully saturated rings. The number of aryl methyl sites for hydroxylation is 1. The standard InChI is InChI=1S/C20H18ClNO5S/c1-3-20(18(24)25,19(26)27)15-12-8-7-11(21)10-13(12)22(4-2)16(15)17(23)14-6-5-9-28-14/h5-10H,3-4H2,1-2H3,(H,24,25)(H,26,27). The van der Waals surface area contributed by atoms with E-state index in [9.17, 15) is 24.6 Å². The summed E-state index contributed by atoms with van der Waals surface area (Å²) in [5.74, 6) is -3.42. The van der Waals surface area contributed by atoms with Crippen LogP contribution in [-0.4, -0.2) is 32.5 Å². The number of aliphatic carboxylic acids is 2. The Morgan fingerprint density at radius 2 is 1.82 bits per heavy atom. The van der Waals surface area contributed by atoms with Crippen molar-refractivity contribution >= 4 is 51.6 Å². The maximum absolute atomic E-state index is 13.3. The summed E-state index contributed by atoms with van der Waals surface area (Å²) in [7, 11) is 0. The molecule has 2 heterocycles. The first-order valence-electron chi connectivity index (χ1n) is 8.66. The Bertz CT molecular complexity index is 1070. The lowest BCUT2D eigenvalue weighted by Crippen LogP contribution is -2.44. The van der Waals surface area contributed by atoms with Crippen LogP contribution in [0, 0.1) is 0 Å². The highest BCUT2D eigenvalue weighted by atomic mass is 35.5. The van der Waals surface area contributed by atoms with Gasteiger partial charge in [0.15, 0.2) is 5.41 Å². The van der Waals surface area contributed by atoms with Crippen LogP contribution in [0.5, 0.6) is 0 Å². The topological polar surface area (TPSA) is 96.6 Å². The Balaban J connectivity index is 2.53. The maximum atomic E-state index is 13.3. The number of benzene rings is 1. The van der Waals surface area contributed by atoms with Crippen molar-refractivity contribution in [3.05, 3.63) is 56.9 Å². The van der Waals surface area contributed by atoms with Crippen LogP contribution in [0.1, 0.15) is 41.2 Å². The third-order valence-electron chi connectivity index (χ3n) is 4.99. The molecule has 8 heteroatoms. The van der Waals surface area contributed by atoms with E-state index in [2.05, 4.69) is 0 Å². The molecule has 0 bridgehead atoms. The van der Waals surface area contributed by atoms with Crippen LogP contribution in [0.25, 0.3) is 10.9 Å². The van der Waals surface area contributed by atoms with Gasteiger partial charge in [0, 0.05) is 22.5 Å². The van der Waals surface area contributed by atoms with Gasteiger partial charge in [-0.3, -0.25) is 14.4 Å². The number of thiophene rings is 1. The van der Waals surface area contributed by atoms with Crippen LogP contribution >= 0.6 is 22.9 Å². The summed E-state index contributed by atoms with van der Waals surface area (Å²) >= 11 is 7.35. The van der Waals surface area contributed by atoms with E-state index < -0.39 is 23.1 Å². The zero-order chi connectivity index (χ0) is 20.6. The van der Waals surface area contributed by atoms with Crippen LogP contribution in [-0.2, 0) is 21.5 Å². The molecule has 1 aromatic carbocycles. The van der Waals surface area contributed by atoms with Crippen LogP contribution in [0.4, 0.5) is 0 Å². The number of halogens is 1. The average Bonchev–Trinajstić information content (AvgIpc) is 3.28. The van der Waals surface area contributed by atoms with Gasteiger partial charge in [0.05, 0.1) is 16.1 Å². The molecule has 0 aliphatic rings. The molecule has 6 nitrogen and oxygen atoms in total. The van der Waals surface area contributed by atoms with Crippen molar-refractivity contribution < 1.29 is 24.6 Å². The first-order valence-corrected chi connectivity index (χ1v) is 9.92. The van der Waals surface area contributed by atoms with Gasteiger partial charge in [-0.1, -0.05) is 30.7 Å². The zero-order valence-corrected chi connectivity index (χ0v) is 16.8. The summed E-state index contributed by atoms with van der Waals surface area (Å²) in [5, 5.41) is 22.5. The molecule has 28 heavy (non-hydrogen) atoms. The SMILES string of the molecule is CCn1c(C(=O)c2cccs2)c(C(CC)(C(=O)O)C(=O)O)c2ccc(Cl)cc21. The monoisotopic (exact) mass is 419 g/mol. The van der Waals surface area contributed by atoms with Crippen molar-refractivity contribution in [1.29, 1.82) is 0 Å². The first-order chi connectivity index (χ1) is 13.3. The van der Waals surface area contributed by atoms with Gasteiger partial charge in [-0.2, -0.15) is 0 Å². The second-order valence-corrected chi connectivity index (χ2v) is 7.69. The molecular weight excluding hydrogens is 402 g/mol. The molecule has 0 saturated heterocycles. The van der Waals surface area contributed by atoms with Crippen molar-refractivity contribution in [2.45, 2.75) is 32.2 Å². The van der Waals surface area contributed by atoms with Crippen molar-refractivity contribution in [3.8, 4) is 0 Å². The minimum atomic E-state index is -2.26. The molecule has 0 radical (unpaired) electrons. The lowest BCUT2D eigenvalue weighted by molar-refractivity contribution is -0.157. The van der Waals surface area contributed by atoms with E-state index in [1.165, 1.54) is 18.3 Å². The fourth-order valence-corrected chi connectivity index (χ4v) is 4.46. The molecule has 0 aliphatic carbocycles. The minimum Gasteiger partial charge on any atom is -0.480 e. The van der Waals surface area contributed by atoms with E-state index in [1.54, 1.807) is 40.3 Å². The molecule has 0 amide bonds. The number of aromatic nitrogens is 1. The highest BCUT2D eigenvalue weighted by Crippen LogP contribution is 2.41. The lowest BCUT2D eigenvalue weighted by atomic mass is 9.76. The zero-order valence-electron chi connectivity index (χ0n) is 15.2. The summed E-state index contributed by atoms with van der Waals surface area (Å²) < 4.78 is 1.65. The third kappa shape index (κ3) is 2.82. The van der Waals surface area contributed by atoms with E-state index in [1.807, 2.05) is 6.92 Å². The molecule has 2 N–H and O–H groups in total. The number of hydrogen-bond acceptors (Lipinski definition) is 4. The molecule has 3 rings (SSSR count). The normalized spacial score (nSPS) is 11.7. The predicted molar refractivity (Wildman–Crippen MR) is 108 cm³/mol. The van der Waals surface area contributed by atoms with E-state index in [-0.39, 0.29) is 17.7 Å². The van der Waals surface area contributed by atoms with Crippen molar-refractivity contribution in [3.63, 3.8) is 0 Å². The number of carboxylic acid groups (broad SMARTS) is 2. The van der Waals surface area contributed by atoms with Crippen LogP contribution in [0.15, 0.2) is 35.7 Å². The number of carbonyl (C=O) groups excluding carboxylic acids is 1. The second kappa shape index (κ2) is 7.41. The summed E-state index contributed by atoms with van der Waals surface area (Å²) in [6.45, 7) is 3.65. The maximum Gasteiger partial charge on any atom is 0.325 e. The second-order valence-electron chi connectivity index (χ2n) is 6.30. The Morgan fingerprint density at radius 3 is 2.32 bits per heavy atom. The van der Waals surface area contributed by atoms with Gasteiger partial charge in [-0.25, -0.2) is 0 Å². The number of ketones is 1. The average molecular weight is 420 g/mol. The van der Waals surface area contributed by atoms with Gasteiger partial charge < -0.3 is 14.8 Å². The van der Waals surface area contributed by atoms with E-state index in [0.29, 0.717) is 27.3 Å². The molecule has 146 valence electrons. The summed E-state index contributed by atoms with van der Waals surface area (Å²) in [6, 6.07) is 8.13. The Morgan fingerprint density at radius 1 is 1.14 bits per heavy atom. The number of hydrogen-bond donors (Lipinski definition) is 2. The number of carbonyl (C=O) groups is 3. The summed E-state index contributed by atoms with van der Waals surface area (Å²) in [5.41, 5.74) is -1.64. The summed E-state index contributed by atoms with van der Waals surface area (Å²) in [6.07, 6.45) is -0.214. The van der Waals surface area contributed by atoms with Gasteiger partial charge in [0.2, 0.25) is 5.78 Å². The molecule has 0 unspecified atom stereocenters. The predicted octanol–water partition coefficient (Wildman–Crippen LogP) is 4.42. The van der Waals surface area contributed by atoms with Crippen molar-refractivity contribution in [2.75, 3.05) is 0 Å². The van der Waals surface area contributed by atoms with Crippen LogP contribution in [0.3, 0.4) is 0 Å². The fourth-order valence-electron chi connectivity index (χ4n) is 3.63. The molecule has 3 aromatic rings. The Labute approximate surface area is 170 Å². The molecular formula is C20H18ClNO5S. The van der Waals surface area contributed by atoms with E-state index in [4.69, 9.17) is 11.6 Å². The molecule has 0 saturated carbocycles. The number of rotatable bonds is 7. The van der Waals surface area contributed by atoms with Gasteiger partial charge in [0.1, 0.15) is 0 Å². The smallest absolute Gasteiger partial charge is 0.325 e. The number of fused-ring (bicyclic) bond motifs is 1. The van der Waals surface area contributed by atoms with Crippen LogP contribution in [0.2, 0.25) is 5.02 Å². The quantitative estimate of drug-likeness (QED) is 0.436. The third-order valence-corrected chi connectivity index (χ3v) is 6.09. The van der Waals surface area contributed by atoms with Crippen molar-refractivity contribution in [2.24, 2.45) is 0 Å². The Hall–Kier alpha value is -2.64. The molecule has 0 atom stereocenters. The van der Waals surface area contributed by atoms with Gasteiger partial charge in [-0.15, -0.1) is 11.3 Å². The summed E-state index contributed by atoms with van der Waals surface area (Å²) in [4.78, 5) is 38.2. The Kier molecular flexibility index (Phi) is 5.32. The van der Waals surface area contributed by atoms with Gasteiger partial charge in [-0.05, 0) is 36.9 Å². The largest absolute Gasteiger partial charge is 0.480 e. The van der Waals surface area contributed by atoms with Crippen LogP contribution < -0.4 is 0 Å². The highest BCUT2D eigenvalue weighted by Gasteiger charge is 2.51. The number of nitrogens with zero attached hydrogens (tertiary/aromatic N) is 1. The highest BCUT2D eigenvalue weighted by molar-refractivity contribution is 7.12.